The van der Waals surface area contributed by atoms with Gasteiger partial charge in [-0.15, -0.1) is 0 Å². The molecule has 1 saturated heterocycles. The van der Waals surface area contributed by atoms with Crippen molar-refractivity contribution in [2.24, 2.45) is 5.41 Å². The van der Waals surface area contributed by atoms with E-state index in [2.05, 4.69) is 6.07 Å². The highest BCUT2D eigenvalue weighted by molar-refractivity contribution is 7.91. The summed E-state index contributed by atoms with van der Waals surface area (Å²) in [4.78, 5) is 14.0. The van der Waals surface area contributed by atoms with Crippen molar-refractivity contribution in [3.8, 4) is 6.07 Å². The van der Waals surface area contributed by atoms with Crippen molar-refractivity contribution in [1.29, 1.82) is 5.26 Å². The minimum absolute atomic E-state index is 0.00197. The standard InChI is InChI=1S/C12H20N2O3S/c1-4-12(5-2,9-13)11(15)14-6-7-18(16,17)8-10(14)3/h10H,4-8H2,1-3H3. The van der Waals surface area contributed by atoms with Crippen LogP contribution >= 0.6 is 0 Å². The number of nitrogens with zero attached hydrogens (tertiary/aromatic N) is 2. The molecule has 1 heterocycles. The Kier molecular flexibility index (Phi) is 4.38. The van der Waals surface area contributed by atoms with Gasteiger partial charge in [0.25, 0.3) is 0 Å². The van der Waals surface area contributed by atoms with Crippen molar-refractivity contribution in [3.63, 3.8) is 0 Å². The van der Waals surface area contributed by atoms with Crippen LogP contribution in [0.15, 0.2) is 0 Å². The van der Waals surface area contributed by atoms with Gasteiger partial charge < -0.3 is 4.90 Å². The molecule has 0 radical (unpaired) electrons. The van der Waals surface area contributed by atoms with Gasteiger partial charge in [0.05, 0.1) is 17.6 Å². The molecule has 1 aliphatic heterocycles. The fourth-order valence-electron chi connectivity index (χ4n) is 2.33. The van der Waals surface area contributed by atoms with Gasteiger partial charge in [-0.2, -0.15) is 5.26 Å². The Morgan fingerprint density at radius 2 is 2.00 bits per heavy atom. The summed E-state index contributed by atoms with van der Waals surface area (Å²) in [7, 11) is -3.04. The van der Waals surface area contributed by atoms with Gasteiger partial charge in [-0.1, -0.05) is 13.8 Å². The molecule has 1 unspecified atom stereocenters. The van der Waals surface area contributed by atoms with E-state index < -0.39 is 15.3 Å². The first-order chi connectivity index (χ1) is 8.32. The summed E-state index contributed by atoms with van der Waals surface area (Å²) in [6.45, 7) is 5.56. The summed E-state index contributed by atoms with van der Waals surface area (Å²) in [5.74, 6) is -0.233. The first kappa shape index (κ1) is 15.0. The van der Waals surface area contributed by atoms with E-state index >= 15 is 0 Å². The summed E-state index contributed by atoms with van der Waals surface area (Å²) in [6.07, 6.45) is 0.906. The SMILES string of the molecule is CCC(C#N)(CC)C(=O)N1CCS(=O)(=O)CC1C. The molecular weight excluding hydrogens is 252 g/mol. The lowest BCUT2D eigenvalue weighted by atomic mass is 9.82. The number of carbonyl (C=O) groups excluding carboxylic acids is 1. The molecule has 5 nitrogen and oxygen atoms in total. The van der Waals surface area contributed by atoms with E-state index in [1.165, 1.54) is 0 Å². The molecule has 18 heavy (non-hydrogen) atoms. The summed E-state index contributed by atoms with van der Waals surface area (Å²) < 4.78 is 23.0. The van der Waals surface area contributed by atoms with Crippen LogP contribution in [-0.4, -0.2) is 43.3 Å². The van der Waals surface area contributed by atoms with Crippen molar-refractivity contribution in [2.45, 2.75) is 39.7 Å². The maximum absolute atomic E-state index is 12.4. The van der Waals surface area contributed by atoms with Crippen molar-refractivity contribution < 1.29 is 13.2 Å². The van der Waals surface area contributed by atoms with Crippen molar-refractivity contribution in [2.75, 3.05) is 18.1 Å². The molecule has 1 amide bonds. The van der Waals surface area contributed by atoms with E-state index in [4.69, 9.17) is 0 Å². The monoisotopic (exact) mass is 272 g/mol. The van der Waals surface area contributed by atoms with E-state index in [0.29, 0.717) is 12.8 Å². The highest BCUT2D eigenvalue weighted by Gasteiger charge is 2.42. The molecule has 6 heteroatoms. The second-order valence-electron chi connectivity index (χ2n) is 4.86. The molecule has 0 aliphatic carbocycles. The summed E-state index contributed by atoms with van der Waals surface area (Å²) in [5.41, 5.74) is -1.00. The molecular formula is C12H20N2O3S. The number of amides is 1. The molecule has 0 spiro atoms. The fourth-order valence-corrected chi connectivity index (χ4v) is 3.89. The van der Waals surface area contributed by atoms with Gasteiger partial charge in [0.2, 0.25) is 5.91 Å². The lowest BCUT2D eigenvalue weighted by Gasteiger charge is -2.38. The van der Waals surface area contributed by atoms with Crippen LogP contribution in [0.25, 0.3) is 0 Å². The smallest absolute Gasteiger partial charge is 0.243 e. The quantitative estimate of drug-likeness (QED) is 0.766. The largest absolute Gasteiger partial charge is 0.337 e. The lowest BCUT2D eigenvalue weighted by molar-refractivity contribution is -0.141. The highest BCUT2D eigenvalue weighted by Crippen LogP contribution is 2.30. The van der Waals surface area contributed by atoms with E-state index in [-0.39, 0.29) is 30.0 Å². The molecule has 1 fully saturated rings. The Bertz CT molecular complexity index is 460. The number of hydrogen-bond acceptors (Lipinski definition) is 4. The van der Waals surface area contributed by atoms with Gasteiger partial charge in [-0.25, -0.2) is 8.42 Å². The van der Waals surface area contributed by atoms with E-state index in [9.17, 15) is 18.5 Å². The second-order valence-corrected chi connectivity index (χ2v) is 7.09. The molecule has 1 atom stereocenters. The zero-order valence-corrected chi connectivity index (χ0v) is 12.0. The van der Waals surface area contributed by atoms with Crippen LogP contribution in [0.1, 0.15) is 33.6 Å². The predicted molar refractivity (Wildman–Crippen MR) is 68.5 cm³/mol. The minimum Gasteiger partial charge on any atom is -0.337 e. The Balaban J connectivity index is 2.96. The zero-order valence-electron chi connectivity index (χ0n) is 11.1. The molecule has 1 rings (SSSR count). The molecule has 0 N–H and O–H groups in total. The van der Waals surface area contributed by atoms with Gasteiger partial charge in [0.15, 0.2) is 9.84 Å². The fraction of sp³-hybridized carbons (Fsp3) is 0.833. The van der Waals surface area contributed by atoms with Crippen LogP contribution in [0.4, 0.5) is 0 Å². The van der Waals surface area contributed by atoms with Gasteiger partial charge in [-0.3, -0.25) is 4.79 Å². The highest BCUT2D eigenvalue weighted by atomic mass is 32.2. The Labute approximate surface area is 109 Å². The summed E-state index contributed by atoms with van der Waals surface area (Å²) in [6, 6.07) is 1.77. The molecule has 0 saturated carbocycles. The van der Waals surface area contributed by atoms with Gasteiger partial charge in [0, 0.05) is 12.6 Å². The first-order valence-corrected chi connectivity index (χ1v) is 8.06. The van der Waals surface area contributed by atoms with Crippen LogP contribution < -0.4 is 0 Å². The Hall–Kier alpha value is -1.09. The third kappa shape index (κ3) is 2.66. The third-order valence-corrected chi connectivity index (χ3v) is 5.56. The molecule has 0 bridgehead atoms. The van der Waals surface area contributed by atoms with Crippen molar-refractivity contribution in [1.82, 2.24) is 4.90 Å². The topological polar surface area (TPSA) is 78.2 Å². The molecule has 102 valence electrons. The number of rotatable bonds is 3. The van der Waals surface area contributed by atoms with E-state index in [1.807, 2.05) is 13.8 Å². The summed E-state index contributed by atoms with van der Waals surface area (Å²) >= 11 is 0. The van der Waals surface area contributed by atoms with Crippen LogP contribution in [0.3, 0.4) is 0 Å². The van der Waals surface area contributed by atoms with Crippen LogP contribution in [-0.2, 0) is 14.6 Å². The predicted octanol–water partition coefficient (Wildman–Crippen LogP) is 0.962. The summed E-state index contributed by atoms with van der Waals surface area (Å²) in [5, 5.41) is 9.25. The van der Waals surface area contributed by atoms with E-state index in [0.717, 1.165) is 0 Å². The minimum atomic E-state index is -3.04. The van der Waals surface area contributed by atoms with Crippen LogP contribution in [0.2, 0.25) is 0 Å². The number of hydrogen-bond donors (Lipinski definition) is 0. The van der Waals surface area contributed by atoms with Gasteiger partial charge >= 0.3 is 0 Å². The van der Waals surface area contributed by atoms with Crippen molar-refractivity contribution in [3.05, 3.63) is 0 Å². The van der Waals surface area contributed by atoms with Gasteiger partial charge in [-0.05, 0) is 19.8 Å². The first-order valence-electron chi connectivity index (χ1n) is 6.24. The molecule has 1 aliphatic rings. The molecule has 0 aromatic rings. The molecule has 0 aromatic carbocycles. The number of carbonyl (C=O) groups is 1. The second kappa shape index (κ2) is 5.27. The average Bonchev–Trinajstić information content (AvgIpc) is 2.30. The van der Waals surface area contributed by atoms with Crippen LogP contribution in [0.5, 0.6) is 0 Å². The Morgan fingerprint density at radius 3 is 2.39 bits per heavy atom. The average molecular weight is 272 g/mol. The third-order valence-electron chi connectivity index (χ3n) is 3.76. The van der Waals surface area contributed by atoms with Crippen LogP contribution in [0, 0.1) is 16.7 Å². The van der Waals surface area contributed by atoms with Gasteiger partial charge in [0.1, 0.15) is 5.41 Å². The Morgan fingerprint density at radius 1 is 1.44 bits per heavy atom. The maximum Gasteiger partial charge on any atom is 0.243 e. The number of sulfone groups is 1. The maximum atomic E-state index is 12.4. The van der Waals surface area contributed by atoms with E-state index in [1.54, 1.807) is 11.8 Å². The normalized spacial score (nSPS) is 23.4. The molecule has 0 aromatic heterocycles. The zero-order chi connectivity index (χ0) is 14.0. The lowest BCUT2D eigenvalue weighted by Crippen LogP contribution is -2.54. The number of nitriles is 1. The van der Waals surface area contributed by atoms with Crippen molar-refractivity contribution >= 4 is 15.7 Å².